The van der Waals surface area contributed by atoms with Crippen LogP contribution in [0.1, 0.15) is 75.7 Å². The molecule has 0 aliphatic carbocycles. The molecule has 4 amide bonds. The van der Waals surface area contributed by atoms with Crippen LogP contribution >= 0.6 is 0 Å². The molecule has 4 aliphatic heterocycles. The van der Waals surface area contributed by atoms with Crippen LogP contribution < -0.4 is 15.5 Å². The number of nitrogens with one attached hydrogen (secondary N) is 2. The van der Waals surface area contributed by atoms with E-state index in [4.69, 9.17) is 4.74 Å². The molecule has 8 rings (SSSR count). The van der Waals surface area contributed by atoms with Crippen LogP contribution in [0.25, 0.3) is 5.65 Å². The van der Waals surface area contributed by atoms with Crippen LogP contribution in [0.15, 0.2) is 42.9 Å². The van der Waals surface area contributed by atoms with Gasteiger partial charge in [-0.1, -0.05) is 12.1 Å². The van der Waals surface area contributed by atoms with Crippen molar-refractivity contribution in [2.45, 2.75) is 57.3 Å². The van der Waals surface area contributed by atoms with Gasteiger partial charge in [0.25, 0.3) is 18.2 Å². The SMILES string of the molecule is O=C1CCC(N2Cc3cc(CN4CCC(n5cc(NC(=O)c6cnn7ccc(N8CCOCC8)nc67)c(C(F)F)n5)CC4)ccc3C2=O)C(=O)N1. The average Bonchev–Trinajstić information content (AvgIpc) is 3.84. The van der Waals surface area contributed by atoms with Gasteiger partial charge in [0.1, 0.15) is 17.4 Å². The van der Waals surface area contributed by atoms with Crippen molar-refractivity contribution in [3.05, 3.63) is 70.8 Å². The number of piperidine rings is 2. The lowest BCUT2D eigenvalue weighted by Gasteiger charge is -2.32. The zero-order valence-corrected chi connectivity index (χ0v) is 27.6. The van der Waals surface area contributed by atoms with Crippen LogP contribution in [0, 0.1) is 0 Å². The molecule has 1 unspecified atom stereocenters. The van der Waals surface area contributed by atoms with E-state index in [0.29, 0.717) is 88.8 Å². The van der Waals surface area contributed by atoms with Gasteiger partial charge in [-0.15, -0.1) is 0 Å². The molecular formula is C34H36F2N10O5. The molecule has 7 heterocycles. The van der Waals surface area contributed by atoms with Crippen LogP contribution in [0.2, 0.25) is 0 Å². The van der Waals surface area contributed by atoms with Gasteiger partial charge in [0, 0.05) is 63.6 Å². The lowest BCUT2D eigenvalue weighted by atomic mass is 10.0. The molecule has 0 radical (unpaired) electrons. The van der Waals surface area contributed by atoms with Crippen molar-refractivity contribution < 1.29 is 32.7 Å². The summed E-state index contributed by atoms with van der Waals surface area (Å²) in [4.78, 5) is 60.9. The van der Waals surface area contributed by atoms with E-state index in [2.05, 4.69) is 35.6 Å². The minimum absolute atomic E-state index is 0.0554. The largest absolute Gasteiger partial charge is 0.378 e. The monoisotopic (exact) mass is 702 g/mol. The van der Waals surface area contributed by atoms with Gasteiger partial charge < -0.3 is 19.9 Å². The number of amides is 4. The van der Waals surface area contributed by atoms with E-state index in [0.717, 1.165) is 11.1 Å². The highest BCUT2D eigenvalue weighted by molar-refractivity contribution is 6.08. The number of aromatic nitrogens is 5. The average molecular weight is 703 g/mol. The van der Waals surface area contributed by atoms with E-state index in [1.807, 2.05) is 18.2 Å². The molecule has 1 atom stereocenters. The molecule has 3 saturated heterocycles. The highest BCUT2D eigenvalue weighted by atomic mass is 19.3. The van der Waals surface area contributed by atoms with E-state index in [1.165, 1.54) is 26.5 Å². The molecule has 2 N–H and O–H groups in total. The van der Waals surface area contributed by atoms with Gasteiger partial charge in [-0.25, -0.2) is 18.3 Å². The summed E-state index contributed by atoms with van der Waals surface area (Å²) in [6, 6.07) is 6.71. The first-order chi connectivity index (χ1) is 24.7. The number of carbonyl (C=O) groups is 4. The highest BCUT2D eigenvalue weighted by Crippen LogP contribution is 2.32. The third-order valence-electron chi connectivity index (χ3n) is 10.1. The second kappa shape index (κ2) is 13.4. The van der Waals surface area contributed by atoms with Gasteiger partial charge >= 0.3 is 0 Å². The molecule has 4 aliphatic rings. The molecule has 4 aromatic rings. The maximum Gasteiger partial charge on any atom is 0.284 e. The van der Waals surface area contributed by atoms with Crippen LogP contribution in [-0.4, -0.2) is 103 Å². The molecule has 15 nitrogen and oxygen atoms in total. The number of carbonyl (C=O) groups excluding carboxylic acids is 4. The Balaban J connectivity index is 0.905. The van der Waals surface area contributed by atoms with Crippen molar-refractivity contribution in [3.8, 4) is 0 Å². The number of ether oxygens (including phenoxy) is 1. The number of hydrogen-bond donors (Lipinski definition) is 2. The number of imide groups is 1. The van der Waals surface area contributed by atoms with Gasteiger partial charge in [-0.05, 0) is 42.5 Å². The van der Waals surface area contributed by atoms with Gasteiger partial charge in [0.15, 0.2) is 11.3 Å². The van der Waals surface area contributed by atoms with Gasteiger partial charge in [-0.2, -0.15) is 10.2 Å². The maximum absolute atomic E-state index is 14.2. The van der Waals surface area contributed by atoms with E-state index in [-0.39, 0.29) is 35.5 Å². The number of hydrogen-bond acceptors (Lipinski definition) is 10. The fourth-order valence-electron chi connectivity index (χ4n) is 7.35. The smallest absolute Gasteiger partial charge is 0.284 e. The van der Waals surface area contributed by atoms with Crippen molar-refractivity contribution >= 4 is 40.8 Å². The topological polar surface area (TPSA) is 159 Å². The molecule has 0 spiro atoms. The Labute approximate surface area is 290 Å². The number of alkyl halides is 2. The number of rotatable bonds is 8. The summed E-state index contributed by atoms with van der Waals surface area (Å²) in [6.45, 7) is 4.80. The molecule has 0 saturated carbocycles. The summed E-state index contributed by atoms with van der Waals surface area (Å²) < 4.78 is 36.8. The van der Waals surface area contributed by atoms with Crippen LogP contribution in [-0.2, 0) is 27.4 Å². The van der Waals surface area contributed by atoms with Crippen molar-refractivity contribution in [2.75, 3.05) is 49.6 Å². The number of likely N-dealkylation sites (tertiary alicyclic amines) is 1. The molecule has 0 bridgehead atoms. The predicted molar refractivity (Wildman–Crippen MR) is 177 cm³/mol. The highest BCUT2D eigenvalue weighted by Gasteiger charge is 2.39. The van der Waals surface area contributed by atoms with Gasteiger partial charge in [0.05, 0.1) is 31.1 Å². The Bertz CT molecular complexity index is 2020. The Morgan fingerprint density at radius 1 is 1.06 bits per heavy atom. The molecular weight excluding hydrogens is 666 g/mol. The summed E-state index contributed by atoms with van der Waals surface area (Å²) in [5, 5.41) is 13.4. The summed E-state index contributed by atoms with van der Waals surface area (Å²) >= 11 is 0. The van der Waals surface area contributed by atoms with E-state index in [9.17, 15) is 28.0 Å². The van der Waals surface area contributed by atoms with Crippen LogP contribution in [0.4, 0.5) is 20.3 Å². The molecule has 3 fully saturated rings. The fourth-order valence-corrected chi connectivity index (χ4v) is 7.35. The number of benzene rings is 1. The maximum atomic E-state index is 14.2. The third-order valence-corrected chi connectivity index (χ3v) is 10.1. The predicted octanol–water partition coefficient (Wildman–Crippen LogP) is 2.55. The van der Waals surface area contributed by atoms with Crippen LogP contribution in [0.5, 0.6) is 0 Å². The Hall–Kier alpha value is -5.29. The van der Waals surface area contributed by atoms with Crippen LogP contribution in [0.3, 0.4) is 0 Å². The van der Waals surface area contributed by atoms with Gasteiger partial charge in [-0.3, -0.25) is 34.1 Å². The van der Waals surface area contributed by atoms with E-state index in [1.54, 1.807) is 12.3 Å². The minimum Gasteiger partial charge on any atom is -0.378 e. The number of morpholine rings is 1. The first kappa shape index (κ1) is 32.9. The lowest BCUT2D eigenvalue weighted by molar-refractivity contribution is -0.136. The first-order valence-corrected chi connectivity index (χ1v) is 17.1. The standard InChI is InChI=1S/C34H36F2N10O5/c35-30(36)29-25(38-32(48)24-16-37-45-10-7-27(39-31(24)45)43-11-13-51-14-12-43)19-46(41-29)22-5-8-42(9-6-22)17-20-1-2-23-21(15-20)18-44(34(23)50)26-3-4-28(47)40-33(26)49/h1-2,7,10,15-16,19,22,26,30H,3-6,8-9,11-14,17-18H2,(H,38,48)(H,40,47,49). The number of nitrogens with zero attached hydrogens (tertiary/aromatic N) is 8. The van der Waals surface area contributed by atoms with Crippen molar-refractivity contribution in [3.63, 3.8) is 0 Å². The zero-order chi connectivity index (χ0) is 35.2. The normalized spacial score (nSPS) is 20.4. The number of fused-ring (bicyclic) bond motifs is 2. The van der Waals surface area contributed by atoms with Crippen molar-refractivity contribution in [1.29, 1.82) is 0 Å². The number of halogens is 2. The second-order valence-corrected chi connectivity index (χ2v) is 13.3. The molecule has 266 valence electrons. The third kappa shape index (κ3) is 6.42. The summed E-state index contributed by atoms with van der Waals surface area (Å²) in [5.74, 6) is -0.903. The molecule has 51 heavy (non-hydrogen) atoms. The second-order valence-electron chi connectivity index (χ2n) is 13.3. The molecule has 3 aromatic heterocycles. The first-order valence-electron chi connectivity index (χ1n) is 17.1. The van der Waals surface area contributed by atoms with Crippen molar-refractivity contribution in [1.82, 2.24) is 39.5 Å². The minimum atomic E-state index is -2.89. The Morgan fingerprint density at radius 2 is 1.86 bits per heavy atom. The molecule has 17 heteroatoms. The Kier molecular flexibility index (Phi) is 8.67. The summed E-state index contributed by atoms with van der Waals surface area (Å²) in [6.07, 6.45) is 3.49. The zero-order valence-electron chi connectivity index (χ0n) is 27.6. The summed E-state index contributed by atoms with van der Waals surface area (Å²) in [5.41, 5.74) is 2.36. The number of anilines is 2. The molecule has 1 aromatic carbocycles. The van der Waals surface area contributed by atoms with Gasteiger partial charge in [0.2, 0.25) is 11.8 Å². The van der Waals surface area contributed by atoms with E-state index < -0.39 is 30.0 Å². The lowest BCUT2D eigenvalue weighted by Crippen LogP contribution is -2.52. The summed E-state index contributed by atoms with van der Waals surface area (Å²) in [7, 11) is 0. The quantitative estimate of drug-likeness (QED) is 0.262. The van der Waals surface area contributed by atoms with E-state index >= 15 is 0 Å². The fraction of sp³-hybridized carbons (Fsp3) is 0.441. The van der Waals surface area contributed by atoms with Crippen molar-refractivity contribution in [2.24, 2.45) is 0 Å². The Morgan fingerprint density at radius 3 is 2.63 bits per heavy atom.